The zero-order valence-electron chi connectivity index (χ0n) is 16.3. The second-order valence-corrected chi connectivity index (χ2v) is 7.25. The fourth-order valence-electron chi connectivity index (χ4n) is 3.69. The van der Waals surface area contributed by atoms with Crippen molar-refractivity contribution in [3.63, 3.8) is 0 Å². The first-order chi connectivity index (χ1) is 14.8. The van der Waals surface area contributed by atoms with Crippen molar-refractivity contribution < 1.29 is 22.3 Å². The highest BCUT2D eigenvalue weighted by atomic mass is 19.4. The maximum absolute atomic E-state index is 15.2. The Bertz CT molecular complexity index is 1040. The van der Waals surface area contributed by atoms with E-state index in [2.05, 4.69) is 15.3 Å². The zero-order chi connectivity index (χ0) is 22.0. The van der Waals surface area contributed by atoms with Crippen LogP contribution in [-0.2, 0) is 12.7 Å². The summed E-state index contributed by atoms with van der Waals surface area (Å²) in [6.45, 7) is 0.789. The summed E-state index contributed by atoms with van der Waals surface area (Å²) in [5, 5.41) is 14.0. The molecule has 0 radical (unpaired) electrons. The van der Waals surface area contributed by atoms with E-state index >= 15 is 4.39 Å². The smallest absolute Gasteiger partial charge is 0.416 e. The van der Waals surface area contributed by atoms with E-state index < -0.39 is 17.6 Å². The van der Waals surface area contributed by atoms with Crippen molar-refractivity contribution in [1.29, 1.82) is 0 Å². The van der Waals surface area contributed by atoms with Crippen LogP contribution in [-0.4, -0.2) is 16.5 Å². The molecule has 162 valence electrons. The summed E-state index contributed by atoms with van der Waals surface area (Å²) in [5.41, 5.74) is 0.729. The molecule has 1 saturated heterocycles. The molecule has 6 nitrogen and oxygen atoms in total. The van der Waals surface area contributed by atoms with Crippen LogP contribution in [0.3, 0.4) is 0 Å². The first-order valence-electron chi connectivity index (χ1n) is 9.69. The summed E-state index contributed by atoms with van der Waals surface area (Å²) in [6.07, 6.45) is 0.975. The van der Waals surface area contributed by atoms with E-state index in [0.29, 0.717) is 23.3 Å². The standard InChI is InChI=1S/C21H19F4N5O/c22-18-19(26-12-14-7-10-29(31)11-8-14)27-13-28-20(18)30-9-1-2-17(30)15-3-5-16(6-4-15)21(23,24)25/h3-8,10-11,13,17H,1-2,9,12H2,(H,26,27,28)/t17-/m1/s1. The quantitative estimate of drug-likeness (QED) is 0.371. The van der Waals surface area contributed by atoms with Gasteiger partial charge in [0, 0.05) is 25.2 Å². The molecule has 31 heavy (non-hydrogen) atoms. The third kappa shape index (κ3) is 4.52. The van der Waals surface area contributed by atoms with Gasteiger partial charge in [0.15, 0.2) is 24.0 Å². The second kappa shape index (κ2) is 8.37. The molecular formula is C21H19F4N5O. The molecule has 2 aromatic heterocycles. The number of nitrogens with zero attached hydrogens (tertiary/aromatic N) is 4. The number of rotatable bonds is 5. The van der Waals surface area contributed by atoms with Gasteiger partial charge in [-0.05, 0) is 36.1 Å². The molecule has 1 aliphatic heterocycles. The van der Waals surface area contributed by atoms with Crippen molar-refractivity contribution >= 4 is 11.6 Å². The monoisotopic (exact) mass is 433 g/mol. The van der Waals surface area contributed by atoms with Gasteiger partial charge in [-0.1, -0.05) is 12.1 Å². The van der Waals surface area contributed by atoms with Crippen molar-refractivity contribution in [2.45, 2.75) is 31.6 Å². The van der Waals surface area contributed by atoms with Crippen molar-refractivity contribution in [1.82, 2.24) is 9.97 Å². The van der Waals surface area contributed by atoms with E-state index in [1.807, 2.05) is 0 Å². The van der Waals surface area contributed by atoms with Crippen molar-refractivity contribution in [3.8, 4) is 0 Å². The van der Waals surface area contributed by atoms with Crippen LogP contribution in [0.4, 0.5) is 29.2 Å². The molecule has 0 aliphatic carbocycles. The molecule has 0 amide bonds. The van der Waals surface area contributed by atoms with Crippen LogP contribution in [0.5, 0.6) is 0 Å². The second-order valence-electron chi connectivity index (χ2n) is 7.25. The Kier molecular flexibility index (Phi) is 5.62. The Morgan fingerprint density at radius 2 is 1.81 bits per heavy atom. The number of pyridine rings is 1. The maximum atomic E-state index is 15.2. The Hall–Kier alpha value is -3.43. The molecule has 1 aliphatic rings. The fourth-order valence-corrected chi connectivity index (χ4v) is 3.69. The number of anilines is 2. The predicted octanol–water partition coefficient (Wildman–Crippen LogP) is 4.22. The van der Waals surface area contributed by atoms with Crippen LogP contribution in [0.2, 0.25) is 0 Å². The largest absolute Gasteiger partial charge is 0.619 e. The Morgan fingerprint density at radius 3 is 2.48 bits per heavy atom. The van der Waals surface area contributed by atoms with Gasteiger partial charge in [-0.25, -0.2) is 9.97 Å². The molecule has 0 spiro atoms. The van der Waals surface area contributed by atoms with E-state index in [-0.39, 0.29) is 24.2 Å². The van der Waals surface area contributed by atoms with Gasteiger partial charge in [-0.3, -0.25) is 0 Å². The summed E-state index contributed by atoms with van der Waals surface area (Å²) in [5.74, 6) is -0.511. The van der Waals surface area contributed by atoms with Crippen LogP contribution >= 0.6 is 0 Å². The van der Waals surface area contributed by atoms with Crippen LogP contribution in [0.25, 0.3) is 0 Å². The first-order valence-corrected chi connectivity index (χ1v) is 9.69. The Balaban J connectivity index is 1.54. The number of nitrogens with one attached hydrogen (secondary N) is 1. The van der Waals surface area contributed by atoms with E-state index in [9.17, 15) is 18.4 Å². The van der Waals surface area contributed by atoms with Crippen molar-refractivity contribution in [2.24, 2.45) is 0 Å². The highest BCUT2D eigenvalue weighted by Gasteiger charge is 2.33. The average Bonchev–Trinajstić information content (AvgIpc) is 3.23. The van der Waals surface area contributed by atoms with Gasteiger partial charge in [-0.15, -0.1) is 0 Å². The molecule has 3 heterocycles. The van der Waals surface area contributed by atoms with Gasteiger partial charge in [-0.2, -0.15) is 22.3 Å². The van der Waals surface area contributed by atoms with Gasteiger partial charge in [0.2, 0.25) is 5.82 Å². The summed E-state index contributed by atoms with van der Waals surface area (Å²) < 4.78 is 54.4. The topological polar surface area (TPSA) is 68.0 Å². The maximum Gasteiger partial charge on any atom is 0.416 e. The first kappa shape index (κ1) is 20.8. The summed E-state index contributed by atoms with van der Waals surface area (Å²) in [4.78, 5) is 9.82. The average molecular weight is 433 g/mol. The minimum atomic E-state index is -4.40. The van der Waals surface area contributed by atoms with E-state index in [1.165, 1.54) is 30.9 Å². The Morgan fingerprint density at radius 1 is 1.10 bits per heavy atom. The third-order valence-corrected chi connectivity index (χ3v) is 5.25. The van der Waals surface area contributed by atoms with Gasteiger partial charge in [0.25, 0.3) is 0 Å². The number of halogens is 4. The zero-order valence-corrected chi connectivity index (χ0v) is 16.3. The molecule has 1 aromatic carbocycles. The van der Waals surface area contributed by atoms with Crippen molar-refractivity contribution in [2.75, 3.05) is 16.8 Å². The minimum Gasteiger partial charge on any atom is -0.619 e. The highest BCUT2D eigenvalue weighted by molar-refractivity contribution is 5.53. The number of benzene rings is 1. The number of hydrogen-bond acceptors (Lipinski definition) is 5. The highest BCUT2D eigenvalue weighted by Crippen LogP contribution is 2.38. The molecule has 0 saturated carbocycles. The summed E-state index contributed by atoms with van der Waals surface area (Å²) >= 11 is 0. The van der Waals surface area contributed by atoms with Gasteiger partial charge >= 0.3 is 6.18 Å². The fraction of sp³-hybridized carbons (Fsp3) is 0.286. The molecule has 1 fully saturated rings. The van der Waals surface area contributed by atoms with Crippen LogP contribution < -0.4 is 14.9 Å². The van der Waals surface area contributed by atoms with E-state index in [1.54, 1.807) is 17.0 Å². The van der Waals surface area contributed by atoms with Gasteiger partial charge in [0.05, 0.1) is 11.6 Å². The van der Waals surface area contributed by atoms with Gasteiger partial charge in [0.1, 0.15) is 6.33 Å². The lowest BCUT2D eigenvalue weighted by Gasteiger charge is -2.27. The Labute approximate surface area is 175 Å². The SMILES string of the molecule is [O-][n+]1ccc(CNc2ncnc(N3CCC[C@@H]3c3ccc(C(F)(F)F)cc3)c2F)cc1. The predicted molar refractivity (Wildman–Crippen MR) is 105 cm³/mol. The van der Waals surface area contributed by atoms with E-state index in [0.717, 1.165) is 24.1 Å². The molecule has 0 bridgehead atoms. The minimum absolute atomic E-state index is 0.0157. The lowest BCUT2D eigenvalue weighted by molar-refractivity contribution is -0.605. The molecule has 10 heteroatoms. The van der Waals surface area contributed by atoms with Gasteiger partial charge < -0.3 is 15.4 Å². The summed E-state index contributed by atoms with van der Waals surface area (Å²) in [6, 6.07) is 7.90. The summed E-state index contributed by atoms with van der Waals surface area (Å²) in [7, 11) is 0. The van der Waals surface area contributed by atoms with Crippen LogP contribution in [0.1, 0.15) is 35.6 Å². The van der Waals surface area contributed by atoms with Crippen LogP contribution in [0.15, 0.2) is 55.1 Å². The number of aromatic nitrogens is 3. The third-order valence-electron chi connectivity index (χ3n) is 5.25. The lowest BCUT2D eigenvalue weighted by Crippen LogP contribution is -2.25. The number of alkyl halides is 3. The molecule has 1 atom stereocenters. The van der Waals surface area contributed by atoms with Crippen LogP contribution in [0, 0.1) is 11.0 Å². The van der Waals surface area contributed by atoms with Crippen molar-refractivity contribution in [3.05, 3.63) is 82.8 Å². The molecule has 0 unspecified atom stereocenters. The molecule has 1 N–H and O–H groups in total. The molecular weight excluding hydrogens is 414 g/mol. The molecule has 3 aromatic rings. The normalized spacial score (nSPS) is 16.5. The molecule has 4 rings (SSSR count). The van der Waals surface area contributed by atoms with E-state index in [4.69, 9.17) is 0 Å². The lowest BCUT2D eigenvalue weighted by atomic mass is 10.0. The number of hydrogen-bond donors (Lipinski definition) is 1.